The lowest BCUT2D eigenvalue weighted by molar-refractivity contribution is -0.319. The predicted octanol–water partition coefficient (Wildman–Crippen LogP) is -2.30. The first-order chi connectivity index (χ1) is 7.65. The van der Waals surface area contributed by atoms with Gasteiger partial charge in [-0.25, -0.2) is 0 Å². The fourth-order valence-electron chi connectivity index (χ4n) is 2.05. The molecule has 0 spiro atoms. The van der Waals surface area contributed by atoms with Gasteiger partial charge in [0.15, 0.2) is 6.29 Å². The van der Waals surface area contributed by atoms with Gasteiger partial charge in [0.05, 0.1) is 6.61 Å². The van der Waals surface area contributed by atoms with Crippen LogP contribution >= 0.6 is 0 Å². The molecule has 0 aromatic rings. The Morgan fingerprint density at radius 2 is 1.94 bits per heavy atom. The minimum absolute atomic E-state index is 0.474. The normalized spacial score (nSPS) is 46.6. The SMILES string of the molecule is CC(=O)N[C@H]1C(O)O[C@](C)(CO)[C@@H](O)[C@]1(C)O. The Kier molecular flexibility index (Phi) is 3.80. The van der Waals surface area contributed by atoms with Gasteiger partial charge < -0.3 is 30.5 Å². The zero-order valence-electron chi connectivity index (χ0n) is 10.0. The van der Waals surface area contributed by atoms with Gasteiger partial charge in [0.25, 0.3) is 0 Å². The first kappa shape index (κ1) is 14.3. The smallest absolute Gasteiger partial charge is 0.217 e. The molecular weight excluding hydrogens is 230 g/mol. The van der Waals surface area contributed by atoms with Crippen LogP contribution in [-0.4, -0.2) is 62.6 Å². The van der Waals surface area contributed by atoms with E-state index >= 15 is 0 Å². The first-order valence-electron chi connectivity index (χ1n) is 5.29. The fraction of sp³-hybridized carbons (Fsp3) is 0.900. The summed E-state index contributed by atoms with van der Waals surface area (Å²) in [5, 5.41) is 41.3. The topological polar surface area (TPSA) is 119 Å². The third-order valence-electron chi connectivity index (χ3n) is 3.11. The summed E-state index contributed by atoms with van der Waals surface area (Å²) in [6.07, 6.45) is -2.98. The number of rotatable bonds is 2. The molecule has 17 heavy (non-hydrogen) atoms. The molecule has 1 aliphatic heterocycles. The zero-order valence-corrected chi connectivity index (χ0v) is 10.0. The Balaban J connectivity index is 3.02. The summed E-state index contributed by atoms with van der Waals surface area (Å²) in [7, 11) is 0. The van der Waals surface area contributed by atoms with Crippen LogP contribution in [0.2, 0.25) is 0 Å². The number of hydrogen-bond donors (Lipinski definition) is 5. The Labute approximate surface area is 99.0 Å². The molecule has 1 heterocycles. The van der Waals surface area contributed by atoms with Crippen LogP contribution in [-0.2, 0) is 9.53 Å². The summed E-state index contributed by atoms with van der Waals surface area (Å²) in [4.78, 5) is 11.0. The molecule has 100 valence electrons. The second-order valence-electron chi connectivity index (χ2n) is 4.79. The lowest BCUT2D eigenvalue weighted by Crippen LogP contribution is -2.74. The number of aliphatic hydroxyl groups is 4. The van der Waals surface area contributed by atoms with E-state index in [2.05, 4.69) is 5.32 Å². The van der Waals surface area contributed by atoms with Crippen molar-refractivity contribution in [1.82, 2.24) is 5.32 Å². The quantitative estimate of drug-likeness (QED) is 0.375. The number of nitrogens with one attached hydrogen (secondary N) is 1. The second-order valence-corrected chi connectivity index (χ2v) is 4.79. The van der Waals surface area contributed by atoms with E-state index in [0.717, 1.165) is 0 Å². The zero-order chi connectivity index (χ0) is 13.4. The Hall–Kier alpha value is -0.730. The highest BCUT2D eigenvalue weighted by Crippen LogP contribution is 2.35. The molecule has 1 rings (SSSR count). The first-order valence-corrected chi connectivity index (χ1v) is 5.29. The van der Waals surface area contributed by atoms with Crippen LogP contribution in [0.5, 0.6) is 0 Å². The average molecular weight is 249 g/mol. The molecule has 5 atom stereocenters. The van der Waals surface area contributed by atoms with E-state index in [-0.39, 0.29) is 0 Å². The summed E-state index contributed by atoms with van der Waals surface area (Å²) >= 11 is 0. The molecule has 0 aromatic heterocycles. The van der Waals surface area contributed by atoms with Crippen molar-refractivity contribution in [3.05, 3.63) is 0 Å². The van der Waals surface area contributed by atoms with Gasteiger partial charge in [0.1, 0.15) is 23.3 Å². The highest BCUT2D eigenvalue weighted by Gasteiger charge is 2.57. The summed E-state index contributed by atoms with van der Waals surface area (Å²) in [6.45, 7) is 3.26. The molecule has 1 aliphatic rings. The molecule has 1 fully saturated rings. The maximum atomic E-state index is 11.0. The van der Waals surface area contributed by atoms with Gasteiger partial charge in [-0.15, -0.1) is 0 Å². The standard InChI is InChI=1S/C10H19NO6/c1-5(13)11-6-7(14)17-9(2,4-12)8(15)10(6,3)16/h6-8,12,14-16H,4H2,1-3H3,(H,11,13)/t6-,7?,8+,9+,10+/m0/s1. The van der Waals surface area contributed by atoms with E-state index in [1.54, 1.807) is 0 Å². The number of carbonyl (C=O) groups excluding carboxylic acids is 1. The fourth-order valence-corrected chi connectivity index (χ4v) is 2.05. The molecule has 0 saturated carbocycles. The van der Waals surface area contributed by atoms with Crippen molar-refractivity contribution in [1.29, 1.82) is 0 Å². The lowest BCUT2D eigenvalue weighted by atomic mass is 9.78. The third kappa shape index (κ3) is 2.43. The van der Waals surface area contributed by atoms with E-state index in [9.17, 15) is 20.1 Å². The predicted molar refractivity (Wildman–Crippen MR) is 56.8 cm³/mol. The lowest BCUT2D eigenvalue weighted by Gasteiger charge is -2.51. The molecule has 0 radical (unpaired) electrons. The largest absolute Gasteiger partial charge is 0.393 e. The van der Waals surface area contributed by atoms with Gasteiger partial charge in [-0.05, 0) is 13.8 Å². The van der Waals surface area contributed by atoms with E-state index in [0.29, 0.717) is 0 Å². The molecule has 0 aliphatic carbocycles. The highest BCUT2D eigenvalue weighted by atomic mass is 16.6. The monoisotopic (exact) mass is 249 g/mol. The summed E-state index contributed by atoms with van der Waals surface area (Å²) < 4.78 is 5.07. The number of carbonyl (C=O) groups is 1. The molecule has 1 amide bonds. The van der Waals surface area contributed by atoms with E-state index in [4.69, 9.17) is 9.84 Å². The number of amides is 1. The number of aliphatic hydroxyl groups excluding tert-OH is 3. The molecule has 1 unspecified atom stereocenters. The van der Waals surface area contributed by atoms with Gasteiger partial charge in [0.2, 0.25) is 5.91 Å². The van der Waals surface area contributed by atoms with Crippen molar-refractivity contribution in [3.63, 3.8) is 0 Å². The molecule has 1 saturated heterocycles. The minimum Gasteiger partial charge on any atom is -0.393 e. The Morgan fingerprint density at radius 3 is 2.35 bits per heavy atom. The van der Waals surface area contributed by atoms with Crippen LogP contribution in [0.25, 0.3) is 0 Å². The third-order valence-corrected chi connectivity index (χ3v) is 3.11. The second kappa shape index (κ2) is 4.51. The molecule has 0 bridgehead atoms. The molecule has 7 heteroatoms. The number of hydrogen-bond acceptors (Lipinski definition) is 6. The Morgan fingerprint density at radius 1 is 1.41 bits per heavy atom. The van der Waals surface area contributed by atoms with Crippen molar-refractivity contribution < 1.29 is 30.0 Å². The molecule has 5 N–H and O–H groups in total. The minimum atomic E-state index is -1.82. The Bertz CT molecular complexity index is 307. The number of ether oxygens (including phenoxy) is 1. The summed E-state index contributed by atoms with van der Waals surface area (Å²) in [5.41, 5.74) is -3.31. The van der Waals surface area contributed by atoms with Crippen LogP contribution in [0.4, 0.5) is 0 Å². The highest BCUT2D eigenvalue weighted by molar-refractivity contribution is 5.73. The maximum absolute atomic E-state index is 11.0. The molecule has 7 nitrogen and oxygen atoms in total. The van der Waals surface area contributed by atoms with Gasteiger partial charge in [0, 0.05) is 6.92 Å². The van der Waals surface area contributed by atoms with E-state index < -0.39 is 42.2 Å². The van der Waals surface area contributed by atoms with Crippen LogP contribution in [0, 0.1) is 0 Å². The van der Waals surface area contributed by atoms with Gasteiger partial charge in [-0.2, -0.15) is 0 Å². The van der Waals surface area contributed by atoms with Crippen LogP contribution in [0.15, 0.2) is 0 Å². The van der Waals surface area contributed by atoms with Crippen LogP contribution in [0.1, 0.15) is 20.8 Å². The van der Waals surface area contributed by atoms with Crippen molar-refractivity contribution >= 4 is 5.91 Å². The summed E-state index contributed by atoms with van der Waals surface area (Å²) in [6, 6.07) is -1.17. The molecular formula is C10H19NO6. The van der Waals surface area contributed by atoms with Crippen molar-refractivity contribution in [2.75, 3.05) is 6.61 Å². The van der Waals surface area contributed by atoms with E-state index in [1.807, 2.05) is 0 Å². The average Bonchev–Trinajstić information content (AvgIpc) is 2.22. The van der Waals surface area contributed by atoms with Gasteiger partial charge >= 0.3 is 0 Å². The van der Waals surface area contributed by atoms with Gasteiger partial charge in [-0.3, -0.25) is 4.79 Å². The van der Waals surface area contributed by atoms with Gasteiger partial charge in [-0.1, -0.05) is 0 Å². The molecule has 0 aromatic carbocycles. The van der Waals surface area contributed by atoms with Crippen molar-refractivity contribution in [2.24, 2.45) is 0 Å². The van der Waals surface area contributed by atoms with Crippen molar-refractivity contribution in [2.45, 2.75) is 50.4 Å². The van der Waals surface area contributed by atoms with Crippen LogP contribution < -0.4 is 5.32 Å². The summed E-state index contributed by atoms with van der Waals surface area (Å²) in [5.74, 6) is -0.474. The van der Waals surface area contributed by atoms with E-state index in [1.165, 1.54) is 20.8 Å². The van der Waals surface area contributed by atoms with Crippen molar-refractivity contribution in [3.8, 4) is 0 Å². The van der Waals surface area contributed by atoms with Crippen LogP contribution in [0.3, 0.4) is 0 Å². The maximum Gasteiger partial charge on any atom is 0.217 e.